The number of hydrogen-bond donors (Lipinski definition) is 4. The van der Waals surface area contributed by atoms with Gasteiger partial charge in [-0.1, -0.05) is 56.1 Å². The third-order valence-corrected chi connectivity index (χ3v) is 10.9. The zero-order valence-corrected chi connectivity index (χ0v) is 41.0. The van der Waals surface area contributed by atoms with E-state index in [0.29, 0.717) is 62.2 Å². The fourth-order valence-electron chi connectivity index (χ4n) is 5.97. The van der Waals surface area contributed by atoms with Crippen molar-refractivity contribution in [3.63, 3.8) is 0 Å². The second-order valence-corrected chi connectivity index (χ2v) is 17.7. The fraction of sp³-hybridized carbons (Fsp3) is 0.229. The average molecular weight is 1100 g/mol. The molecule has 3 amide bonds. The normalized spacial score (nSPS) is 11.6. The molecule has 0 aliphatic rings. The molecule has 0 aliphatic carbocycles. The van der Waals surface area contributed by atoms with E-state index in [0.717, 1.165) is 0 Å². The lowest BCUT2D eigenvalue weighted by atomic mass is 9.90. The lowest BCUT2D eigenvalue weighted by molar-refractivity contribution is -0.221. The largest absolute Gasteiger partial charge is 0.491 e. The summed E-state index contributed by atoms with van der Waals surface area (Å²) in [6.07, 6.45) is -8.21. The molecule has 27 heteroatoms. The number of hydrogen-bond acceptors (Lipinski definition) is 14. The van der Waals surface area contributed by atoms with Gasteiger partial charge in [0.25, 0.3) is 17.7 Å². The lowest BCUT2D eigenvalue weighted by Crippen LogP contribution is -2.37. The van der Waals surface area contributed by atoms with Crippen LogP contribution in [0.15, 0.2) is 111 Å². The van der Waals surface area contributed by atoms with Crippen LogP contribution in [0.2, 0.25) is 10.0 Å². The number of carbonyl (C=O) groups is 5. The Morgan fingerprint density at radius 2 is 1.01 bits per heavy atom. The highest BCUT2D eigenvalue weighted by Gasteiger charge is 2.49. The highest BCUT2D eigenvalue weighted by Crippen LogP contribution is 2.30. The number of esters is 2. The number of nitrogens with two attached hydrogens (primary N) is 1. The number of oxazole rings is 2. The minimum atomic E-state index is -5.62. The van der Waals surface area contributed by atoms with Crippen LogP contribution >= 0.6 is 23.2 Å². The number of hydrazine groups is 1. The number of alkyl halides is 6. The number of halogens is 10. The Hall–Kier alpha value is -8.03. The van der Waals surface area contributed by atoms with Crippen molar-refractivity contribution in [1.29, 1.82) is 0 Å². The summed E-state index contributed by atoms with van der Waals surface area (Å²) in [5.41, 5.74) is 4.77. The van der Waals surface area contributed by atoms with Crippen molar-refractivity contribution in [3.8, 4) is 34.3 Å². The van der Waals surface area contributed by atoms with Crippen molar-refractivity contribution in [2.24, 2.45) is 5.84 Å². The molecule has 75 heavy (non-hydrogen) atoms. The van der Waals surface area contributed by atoms with Gasteiger partial charge >= 0.3 is 24.3 Å². The predicted molar refractivity (Wildman–Crippen MR) is 250 cm³/mol. The minimum Gasteiger partial charge on any atom is -0.444 e. The van der Waals surface area contributed by atoms with Crippen LogP contribution < -0.4 is 21.9 Å². The van der Waals surface area contributed by atoms with Crippen LogP contribution in [0, 0.1) is 18.6 Å². The summed E-state index contributed by atoms with van der Waals surface area (Å²) in [4.78, 5) is 69.6. The SMILES string of the molecule is CC(C)(CNC(=O)c1cc(C(=O)NN)ccc1Cl)c1coc(-c2ccc(F)cc2)n1.Cc1nc(-c2ccc(Cl)c(C(=O)NCC(C)(C)c3coc(-c4ccc(F)cc4)n3)c2)no1.O=C(OC(=O)C(F)(F)F)C(F)(F)F. The molecule has 4 aromatic carbocycles. The highest BCUT2D eigenvalue weighted by molar-refractivity contribution is 6.34. The molecule has 0 saturated heterocycles. The summed E-state index contributed by atoms with van der Waals surface area (Å²) in [5.74, 6) is -1.72. The molecule has 0 spiro atoms. The maximum absolute atomic E-state index is 13.2. The number of benzene rings is 4. The molecule has 3 aromatic heterocycles. The first-order valence-corrected chi connectivity index (χ1v) is 22.1. The van der Waals surface area contributed by atoms with Crippen LogP contribution in [0.3, 0.4) is 0 Å². The summed E-state index contributed by atoms with van der Waals surface area (Å²) >= 11 is 12.4. The Labute approximate surface area is 429 Å². The summed E-state index contributed by atoms with van der Waals surface area (Å²) in [6.45, 7) is 9.83. The first-order chi connectivity index (χ1) is 35.0. The Kier molecular flexibility index (Phi) is 18.4. The minimum absolute atomic E-state index is 0.153. The molecule has 0 aliphatic heterocycles. The topological polar surface area (TPSA) is 248 Å². The molecule has 0 bridgehead atoms. The van der Waals surface area contributed by atoms with E-state index >= 15 is 0 Å². The van der Waals surface area contributed by atoms with E-state index in [4.69, 9.17) is 42.4 Å². The molecule has 0 radical (unpaired) electrons. The number of nitrogens with zero attached hydrogens (tertiary/aromatic N) is 4. The standard InChI is InChI=1S/C23H20ClFN4O3.C21H20ClFN4O3.C4F6O3/c1-13-27-20(29-32-13)15-6-9-18(24)17(10-15)21(30)26-12-23(2,3)19-11-31-22(28-19)14-4-7-16(25)8-5-14;1-21(2,17-10-30-20(26-17)12-3-6-14(23)7-4-12)11-25-19(29)15-9-13(18(28)27-24)5-8-16(15)22;5-3(6,7)1(11)13-2(12)4(8,9)10/h4-11H,12H2,1-3H3,(H,26,30);3-10H,11,24H2,1-2H3,(H,25,29)(H,27,28);. The van der Waals surface area contributed by atoms with Crippen molar-refractivity contribution in [3.05, 3.63) is 153 Å². The van der Waals surface area contributed by atoms with Crippen LogP contribution in [0.25, 0.3) is 34.3 Å². The second-order valence-electron chi connectivity index (χ2n) is 16.9. The van der Waals surface area contributed by atoms with Crippen molar-refractivity contribution < 1.29 is 77.2 Å². The van der Waals surface area contributed by atoms with E-state index in [9.17, 15) is 59.1 Å². The van der Waals surface area contributed by atoms with Crippen LogP contribution in [-0.4, -0.2) is 75.2 Å². The molecule has 7 rings (SSSR count). The Morgan fingerprint density at radius 1 is 0.600 bits per heavy atom. The molecule has 5 N–H and O–H groups in total. The number of nitrogen functional groups attached to an aromatic ring is 1. The summed E-state index contributed by atoms with van der Waals surface area (Å²) in [5, 5.41) is 10.1. The maximum Gasteiger partial charge on any atom is 0.491 e. The van der Waals surface area contributed by atoms with Crippen LogP contribution in [0.5, 0.6) is 0 Å². The number of amides is 3. The van der Waals surface area contributed by atoms with E-state index in [2.05, 4.69) is 35.5 Å². The van der Waals surface area contributed by atoms with Gasteiger partial charge in [-0.05, 0) is 84.9 Å². The van der Waals surface area contributed by atoms with E-state index < -0.39 is 46.9 Å². The van der Waals surface area contributed by atoms with Gasteiger partial charge in [0.1, 0.15) is 24.2 Å². The Balaban J connectivity index is 0.000000226. The van der Waals surface area contributed by atoms with Crippen molar-refractivity contribution in [2.45, 2.75) is 57.8 Å². The average Bonchev–Trinajstić information content (AvgIpc) is 4.16. The van der Waals surface area contributed by atoms with Crippen LogP contribution in [0.4, 0.5) is 35.1 Å². The molecule has 0 atom stereocenters. The number of nitrogens with one attached hydrogen (secondary N) is 3. The van der Waals surface area contributed by atoms with Crippen LogP contribution in [0.1, 0.15) is 76.0 Å². The van der Waals surface area contributed by atoms with Gasteiger partial charge in [-0.25, -0.2) is 34.2 Å². The first-order valence-electron chi connectivity index (χ1n) is 21.3. The fourth-order valence-corrected chi connectivity index (χ4v) is 6.38. The van der Waals surface area contributed by atoms with Gasteiger partial charge in [0.15, 0.2) is 0 Å². The quantitative estimate of drug-likeness (QED) is 0.0222. The molecule has 0 saturated carbocycles. The van der Waals surface area contributed by atoms with E-state index in [-0.39, 0.29) is 46.8 Å². The first kappa shape index (κ1) is 57.9. The Bertz CT molecular complexity index is 3150. The number of aryl methyl sites for hydroxylation is 1. The number of aromatic nitrogens is 4. The van der Waals surface area contributed by atoms with Crippen molar-refractivity contribution >= 4 is 52.9 Å². The zero-order valence-electron chi connectivity index (χ0n) is 39.5. The predicted octanol–water partition coefficient (Wildman–Crippen LogP) is 9.83. The van der Waals surface area contributed by atoms with Gasteiger partial charge in [0.2, 0.25) is 23.5 Å². The third kappa shape index (κ3) is 15.7. The number of carbonyl (C=O) groups excluding carboxylic acids is 5. The third-order valence-electron chi connectivity index (χ3n) is 10.2. The van der Waals surface area contributed by atoms with Gasteiger partial charge < -0.3 is 28.7 Å². The highest BCUT2D eigenvalue weighted by atomic mass is 35.5. The summed E-state index contributed by atoms with van der Waals surface area (Å²) in [6, 6.07) is 21.0. The van der Waals surface area contributed by atoms with Gasteiger partial charge in [-0.2, -0.15) is 31.3 Å². The smallest absolute Gasteiger partial charge is 0.444 e. The molecule has 7 aromatic rings. The summed E-state index contributed by atoms with van der Waals surface area (Å²) < 4.78 is 112. The van der Waals surface area contributed by atoms with E-state index in [1.807, 2.05) is 33.1 Å². The van der Waals surface area contributed by atoms with E-state index in [1.165, 1.54) is 55.0 Å². The van der Waals surface area contributed by atoms with Gasteiger partial charge in [-0.15, -0.1) is 0 Å². The monoisotopic (exact) mass is 1090 g/mol. The van der Waals surface area contributed by atoms with Gasteiger partial charge in [0.05, 0.1) is 32.6 Å². The molecular weight excluding hydrogens is 1060 g/mol. The number of ether oxygens (including phenoxy) is 1. The van der Waals surface area contributed by atoms with Gasteiger partial charge in [-0.3, -0.25) is 19.8 Å². The van der Waals surface area contributed by atoms with Crippen LogP contribution in [-0.2, 0) is 25.2 Å². The molecular formula is C48H40Cl2F8N8O9. The molecule has 0 fully saturated rings. The maximum atomic E-state index is 13.2. The molecule has 17 nitrogen and oxygen atoms in total. The second kappa shape index (κ2) is 23.9. The van der Waals surface area contributed by atoms with Gasteiger partial charge in [0, 0.05) is 53.1 Å². The molecule has 396 valence electrons. The Morgan fingerprint density at radius 3 is 1.41 bits per heavy atom. The van der Waals surface area contributed by atoms with Crippen molar-refractivity contribution in [2.75, 3.05) is 13.1 Å². The van der Waals surface area contributed by atoms with E-state index in [1.54, 1.807) is 49.4 Å². The zero-order chi connectivity index (χ0) is 55.6. The molecule has 0 unspecified atom stereocenters. The molecule has 3 heterocycles. The van der Waals surface area contributed by atoms with Crippen molar-refractivity contribution in [1.82, 2.24) is 36.2 Å². The number of rotatable bonds is 12. The summed E-state index contributed by atoms with van der Waals surface area (Å²) in [7, 11) is 0. The lowest BCUT2D eigenvalue weighted by Gasteiger charge is -2.22.